The van der Waals surface area contributed by atoms with E-state index in [1.807, 2.05) is 12.1 Å². The smallest absolute Gasteiger partial charge is 0.204 e. The van der Waals surface area contributed by atoms with Crippen LogP contribution in [0.3, 0.4) is 0 Å². The molecule has 5 nitrogen and oxygen atoms in total. The van der Waals surface area contributed by atoms with Crippen LogP contribution in [0, 0.1) is 0 Å². The molecule has 0 aliphatic carbocycles. The van der Waals surface area contributed by atoms with E-state index in [4.69, 9.17) is 18.9 Å². The van der Waals surface area contributed by atoms with Crippen LogP contribution >= 0.6 is 0 Å². The quantitative estimate of drug-likeness (QED) is 0.846. The van der Waals surface area contributed by atoms with Crippen molar-refractivity contribution in [2.24, 2.45) is 0 Å². The maximum Gasteiger partial charge on any atom is 0.204 e. The lowest BCUT2D eigenvalue weighted by atomic mass is 9.87. The van der Waals surface area contributed by atoms with Crippen LogP contribution in [-0.4, -0.2) is 39.0 Å². The minimum Gasteiger partial charge on any atom is -0.486 e. The van der Waals surface area contributed by atoms with Crippen LogP contribution in [0.4, 0.5) is 0 Å². The molecular weight excluding hydrogens is 258 g/mol. The number of fused-ring (bicyclic) bond motifs is 3. The van der Waals surface area contributed by atoms with Crippen molar-refractivity contribution in [3.05, 3.63) is 17.7 Å². The number of methoxy groups -OCH3 is 1. The second-order valence-electron chi connectivity index (χ2n) is 5.65. The molecule has 3 aliphatic heterocycles. The molecule has 1 fully saturated rings. The van der Waals surface area contributed by atoms with Crippen LogP contribution in [0.15, 0.2) is 12.1 Å². The SMILES string of the molecule is COC1CC2(CCNC2)Oc2c1ccc1c2OCCO1. The van der Waals surface area contributed by atoms with Crippen molar-refractivity contribution in [2.45, 2.75) is 24.5 Å². The Balaban J connectivity index is 1.81. The van der Waals surface area contributed by atoms with Crippen molar-refractivity contribution in [1.29, 1.82) is 0 Å². The van der Waals surface area contributed by atoms with E-state index in [0.29, 0.717) is 13.2 Å². The average molecular weight is 277 g/mol. The van der Waals surface area contributed by atoms with Crippen LogP contribution in [-0.2, 0) is 4.74 Å². The van der Waals surface area contributed by atoms with Crippen LogP contribution in [0.1, 0.15) is 24.5 Å². The number of rotatable bonds is 1. The van der Waals surface area contributed by atoms with Crippen molar-refractivity contribution in [1.82, 2.24) is 5.32 Å². The third kappa shape index (κ3) is 1.77. The monoisotopic (exact) mass is 277 g/mol. The fourth-order valence-electron chi connectivity index (χ4n) is 3.36. The van der Waals surface area contributed by atoms with Gasteiger partial charge in [0, 0.05) is 32.1 Å². The highest BCUT2D eigenvalue weighted by Gasteiger charge is 2.45. The largest absolute Gasteiger partial charge is 0.486 e. The zero-order valence-electron chi connectivity index (χ0n) is 11.6. The molecule has 1 aromatic carbocycles. The number of hydrogen-bond donors (Lipinski definition) is 1. The zero-order valence-corrected chi connectivity index (χ0v) is 11.6. The summed E-state index contributed by atoms with van der Waals surface area (Å²) in [5.74, 6) is 2.32. The molecule has 0 aromatic heterocycles. The Kier molecular flexibility index (Phi) is 2.79. The molecular formula is C15H19NO4. The Bertz CT molecular complexity index is 525. The van der Waals surface area contributed by atoms with Crippen LogP contribution in [0.5, 0.6) is 17.2 Å². The minimum atomic E-state index is -0.177. The summed E-state index contributed by atoms with van der Waals surface area (Å²) in [6, 6.07) is 3.99. The third-order valence-corrected chi connectivity index (χ3v) is 4.41. The van der Waals surface area contributed by atoms with Gasteiger partial charge in [-0.05, 0) is 18.7 Å². The lowest BCUT2D eigenvalue weighted by Gasteiger charge is -2.40. The van der Waals surface area contributed by atoms with Crippen molar-refractivity contribution in [3.8, 4) is 17.2 Å². The molecule has 2 atom stereocenters. The second-order valence-corrected chi connectivity index (χ2v) is 5.65. The Hall–Kier alpha value is -1.46. The Labute approximate surface area is 118 Å². The molecule has 3 heterocycles. The molecule has 4 rings (SSSR count). The van der Waals surface area contributed by atoms with Crippen LogP contribution in [0.2, 0.25) is 0 Å². The summed E-state index contributed by atoms with van der Waals surface area (Å²) in [6.45, 7) is 3.00. The first-order valence-electron chi connectivity index (χ1n) is 7.16. The summed E-state index contributed by atoms with van der Waals surface area (Å²) < 4.78 is 23.5. The molecule has 1 spiro atoms. The summed E-state index contributed by atoms with van der Waals surface area (Å²) in [4.78, 5) is 0. The number of ether oxygens (including phenoxy) is 4. The standard InChI is InChI=1S/C15H19NO4/c1-17-12-8-15(4-5-16-9-15)20-13-10(12)2-3-11-14(13)19-7-6-18-11/h2-3,12,16H,4-9H2,1H3. The zero-order chi connectivity index (χ0) is 13.6. The van der Waals surface area contributed by atoms with E-state index in [0.717, 1.165) is 48.7 Å². The Morgan fingerprint density at radius 3 is 2.95 bits per heavy atom. The van der Waals surface area contributed by atoms with E-state index in [9.17, 15) is 0 Å². The van der Waals surface area contributed by atoms with Gasteiger partial charge in [-0.25, -0.2) is 0 Å². The molecule has 1 aromatic rings. The Morgan fingerprint density at radius 2 is 2.15 bits per heavy atom. The molecule has 0 radical (unpaired) electrons. The number of nitrogens with one attached hydrogen (secondary N) is 1. The Morgan fingerprint density at radius 1 is 1.25 bits per heavy atom. The van der Waals surface area contributed by atoms with Gasteiger partial charge in [0.15, 0.2) is 11.5 Å². The fraction of sp³-hybridized carbons (Fsp3) is 0.600. The van der Waals surface area contributed by atoms with Crippen molar-refractivity contribution in [2.75, 3.05) is 33.4 Å². The third-order valence-electron chi connectivity index (χ3n) is 4.41. The predicted octanol–water partition coefficient (Wildman–Crippen LogP) is 1.66. The molecule has 5 heteroatoms. The first-order valence-corrected chi connectivity index (χ1v) is 7.16. The highest BCUT2D eigenvalue weighted by Crippen LogP contribution is 2.51. The summed E-state index contributed by atoms with van der Waals surface area (Å²) in [6.07, 6.45) is 1.93. The topological polar surface area (TPSA) is 49.0 Å². The highest BCUT2D eigenvalue weighted by atomic mass is 16.6. The van der Waals surface area contributed by atoms with Gasteiger partial charge in [0.25, 0.3) is 0 Å². The predicted molar refractivity (Wildman–Crippen MR) is 72.6 cm³/mol. The minimum absolute atomic E-state index is 0.0504. The number of benzene rings is 1. The van der Waals surface area contributed by atoms with Gasteiger partial charge in [0.1, 0.15) is 18.8 Å². The van der Waals surface area contributed by atoms with Gasteiger partial charge < -0.3 is 24.3 Å². The first-order chi connectivity index (χ1) is 9.81. The molecule has 3 aliphatic rings. The van der Waals surface area contributed by atoms with Gasteiger partial charge in [0.2, 0.25) is 5.75 Å². The van der Waals surface area contributed by atoms with Gasteiger partial charge in [-0.2, -0.15) is 0 Å². The van der Waals surface area contributed by atoms with E-state index < -0.39 is 0 Å². The molecule has 1 N–H and O–H groups in total. The molecule has 20 heavy (non-hydrogen) atoms. The van der Waals surface area contributed by atoms with Crippen molar-refractivity contribution < 1.29 is 18.9 Å². The van der Waals surface area contributed by atoms with Crippen molar-refractivity contribution in [3.63, 3.8) is 0 Å². The number of hydrogen-bond acceptors (Lipinski definition) is 5. The molecule has 2 unspecified atom stereocenters. The normalized spacial score (nSPS) is 30.9. The van der Waals surface area contributed by atoms with Crippen LogP contribution in [0.25, 0.3) is 0 Å². The summed E-state index contributed by atoms with van der Waals surface area (Å²) in [5.41, 5.74) is 0.887. The molecule has 1 saturated heterocycles. The molecule has 0 amide bonds. The lowest BCUT2D eigenvalue weighted by molar-refractivity contribution is -0.0235. The fourth-order valence-corrected chi connectivity index (χ4v) is 3.36. The van der Waals surface area contributed by atoms with Gasteiger partial charge in [0.05, 0.1) is 6.10 Å². The van der Waals surface area contributed by atoms with Crippen molar-refractivity contribution >= 4 is 0 Å². The average Bonchev–Trinajstić information content (AvgIpc) is 2.94. The summed E-state index contributed by atoms with van der Waals surface area (Å²) in [5, 5.41) is 3.39. The van der Waals surface area contributed by atoms with E-state index >= 15 is 0 Å². The van der Waals surface area contributed by atoms with Gasteiger partial charge in [-0.1, -0.05) is 0 Å². The van der Waals surface area contributed by atoms with Crippen LogP contribution < -0.4 is 19.5 Å². The van der Waals surface area contributed by atoms with E-state index in [1.54, 1.807) is 7.11 Å². The maximum absolute atomic E-state index is 6.36. The first kappa shape index (κ1) is 12.3. The lowest BCUT2D eigenvalue weighted by Crippen LogP contribution is -2.43. The summed E-state index contributed by atoms with van der Waals surface area (Å²) >= 11 is 0. The van der Waals surface area contributed by atoms with Gasteiger partial charge >= 0.3 is 0 Å². The van der Waals surface area contributed by atoms with E-state index in [2.05, 4.69) is 5.32 Å². The molecule has 0 saturated carbocycles. The second kappa shape index (κ2) is 4.53. The van der Waals surface area contributed by atoms with Gasteiger partial charge in [-0.3, -0.25) is 0 Å². The maximum atomic E-state index is 6.36. The van der Waals surface area contributed by atoms with Gasteiger partial charge in [-0.15, -0.1) is 0 Å². The summed E-state index contributed by atoms with van der Waals surface area (Å²) in [7, 11) is 1.76. The molecule has 108 valence electrons. The molecule has 0 bridgehead atoms. The van der Waals surface area contributed by atoms with E-state index in [1.165, 1.54) is 0 Å². The van der Waals surface area contributed by atoms with E-state index in [-0.39, 0.29) is 11.7 Å². The highest BCUT2D eigenvalue weighted by molar-refractivity contribution is 5.58.